The molecule has 2 aliphatic rings. The van der Waals surface area contributed by atoms with Crippen LogP contribution in [0.15, 0.2) is 78.9 Å². The second-order valence-electron chi connectivity index (χ2n) is 8.49. The summed E-state index contributed by atoms with van der Waals surface area (Å²) in [6.45, 7) is 3.09. The summed E-state index contributed by atoms with van der Waals surface area (Å²) in [4.78, 5) is 4.73. The first kappa shape index (κ1) is 20.9. The highest BCUT2D eigenvalue weighted by atomic mass is 19.3. The zero-order chi connectivity index (χ0) is 22.1. The van der Waals surface area contributed by atoms with Gasteiger partial charge < -0.3 is 9.47 Å². The van der Waals surface area contributed by atoms with Gasteiger partial charge in [0.1, 0.15) is 0 Å². The third kappa shape index (κ3) is 4.20. The molecule has 0 spiro atoms. The predicted molar refractivity (Wildman–Crippen MR) is 119 cm³/mol. The van der Waals surface area contributed by atoms with E-state index in [1.165, 1.54) is 17.2 Å². The number of nitrogens with zero attached hydrogens (tertiary/aromatic N) is 2. The van der Waals surface area contributed by atoms with Gasteiger partial charge in [0.15, 0.2) is 11.5 Å². The van der Waals surface area contributed by atoms with Gasteiger partial charge in [0.2, 0.25) is 0 Å². The molecule has 3 aromatic carbocycles. The van der Waals surface area contributed by atoms with E-state index in [1.807, 2.05) is 18.2 Å². The van der Waals surface area contributed by atoms with Crippen molar-refractivity contribution in [2.24, 2.45) is 0 Å². The molecule has 0 aromatic heterocycles. The van der Waals surface area contributed by atoms with Crippen LogP contribution < -0.4 is 9.47 Å². The molecular weight excluding hydrogens is 410 g/mol. The number of ether oxygens (including phenoxy) is 2. The Morgan fingerprint density at radius 1 is 0.875 bits per heavy atom. The summed E-state index contributed by atoms with van der Waals surface area (Å²) in [5.41, 5.74) is 3.27. The largest absolute Gasteiger partial charge is 0.586 e. The third-order valence-corrected chi connectivity index (χ3v) is 6.39. The molecule has 0 N–H and O–H groups in total. The van der Waals surface area contributed by atoms with Crippen molar-refractivity contribution in [2.45, 2.75) is 24.8 Å². The van der Waals surface area contributed by atoms with Crippen molar-refractivity contribution in [3.8, 4) is 11.5 Å². The monoisotopic (exact) mass is 436 g/mol. The minimum atomic E-state index is -3.60. The highest BCUT2D eigenvalue weighted by Gasteiger charge is 2.44. The topological polar surface area (TPSA) is 24.9 Å². The van der Waals surface area contributed by atoms with Crippen LogP contribution in [0.3, 0.4) is 0 Å². The average Bonchev–Trinajstić information content (AvgIpc) is 3.12. The lowest BCUT2D eigenvalue weighted by molar-refractivity contribution is -0.287. The minimum Gasteiger partial charge on any atom is -0.395 e. The van der Waals surface area contributed by atoms with E-state index in [0.29, 0.717) is 6.54 Å². The Bertz CT molecular complexity index is 1020. The number of fused-ring (bicyclic) bond motifs is 1. The minimum absolute atomic E-state index is 0.102. The molecule has 1 unspecified atom stereocenters. The number of halogens is 2. The number of benzene rings is 3. The van der Waals surface area contributed by atoms with Crippen LogP contribution in [0.2, 0.25) is 0 Å². The Morgan fingerprint density at radius 2 is 1.53 bits per heavy atom. The Hall–Kier alpha value is -2.96. The maximum Gasteiger partial charge on any atom is 0.586 e. The molecular formula is C26H26F2N2O2. The van der Waals surface area contributed by atoms with Gasteiger partial charge in [0.05, 0.1) is 0 Å². The van der Waals surface area contributed by atoms with E-state index in [-0.39, 0.29) is 23.5 Å². The normalized spacial score (nSPS) is 20.6. The first-order chi connectivity index (χ1) is 15.5. The molecule has 2 aliphatic heterocycles. The highest BCUT2D eigenvalue weighted by molar-refractivity contribution is 5.48. The molecule has 6 heteroatoms. The first-order valence-corrected chi connectivity index (χ1v) is 10.9. The van der Waals surface area contributed by atoms with Crippen LogP contribution >= 0.6 is 0 Å². The van der Waals surface area contributed by atoms with Crippen molar-refractivity contribution in [3.05, 3.63) is 95.6 Å². The number of piperazine rings is 1. The first-order valence-electron chi connectivity index (χ1n) is 10.9. The number of alkyl halides is 2. The molecule has 2 heterocycles. The van der Waals surface area contributed by atoms with Crippen LogP contribution in [-0.4, -0.2) is 48.8 Å². The summed E-state index contributed by atoms with van der Waals surface area (Å²) in [6, 6.07) is 26.5. The molecule has 4 nitrogen and oxygen atoms in total. The van der Waals surface area contributed by atoms with E-state index >= 15 is 0 Å². The molecule has 0 radical (unpaired) electrons. The van der Waals surface area contributed by atoms with Gasteiger partial charge in [-0.1, -0.05) is 72.8 Å². The molecule has 0 aliphatic carbocycles. The fourth-order valence-corrected chi connectivity index (χ4v) is 4.81. The van der Waals surface area contributed by atoms with Crippen molar-refractivity contribution in [1.29, 1.82) is 0 Å². The fourth-order valence-electron chi connectivity index (χ4n) is 4.81. The summed E-state index contributed by atoms with van der Waals surface area (Å²) < 4.78 is 36.7. The van der Waals surface area contributed by atoms with Crippen molar-refractivity contribution in [2.75, 3.05) is 26.7 Å². The molecule has 1 saturated heterocycles. The summed E-state index contributed by atoms with van der Waals surface area (Å²) in [6.07, 6.45) is -3.60. The van der Waals surface area contributed by atoms with Crippen molar-refractivity contribution in [3.63, 3.8) is 0 Å². The van der Waals surface area contributed by atoms with Gasteiger partial charge in [-0.15, -0.1) is 8.78 Å². The predicted octanol–water partition coefficient (Wildman–Crippen LogP) is 4.96. The molecule has 3 aromatic rings. The van der Waals surface area contributed by atoms with Crippen molar-refractivity contribution < 1.29 is 18.3 Å². The van der Waals surface area contributed by atoms with Gasteiger partial charge in [-0.3, -0.25) is 9.80 Å². The molecule has 1 atom stereocenters. The Labute approximate surface area is 187 Å². The third-order valence-electron chi connectivity index (χ3n) is 6.39. The average molecular weight is 437 g/mol. The quantitative estimate of drug-likeness (QED) is 0.565. The molecule has 1 fully saturated rings. The van der Waals surface area contributed by atoms with Gasteiger partial charge in [0, 0.05) is 43.7 Å². The van der Waals surface area contributed by atoms with Crippen LogP contribution in [0.25, 0.3) is 0 Å². The Kier molecular flexibility index (Phi) is 5.57. The SMILES string of the molecule is CN1CCN(Cc2cccc3c2OC(F)(F)O3)CC1C(c1ccccc1)c1ccccc1. The van der Waals surface area contributed by atoms with Gasteiger partial charge in [0.25, 0.3) is 0 Å². The van der Waals surface area contributed by atoms with Crippen LogP contribution in [0.1, 0.15) is 22.6 Å². The van der Waals surface area contributed by atoms with E-state index in [9.17, 15) is 8.78 Å². The molecule has 0 amide bonds. The van der Waals surface area contributed by atoms with E-state index < -0.39 is 6.29 Å². The zero-order valence-corrected chi connectivity index (χ0v) is 18.0. The van der Waals surface area contributed by atoms with E-state index in [0.717, 1.165) is 25.2 Å². The van der Waals surface area contributed by atoms with E-state index in [1.54, 1.807) is 6.07 Å². The lowest BCUT2D eigenvalue weighted by Crippen LogP contribution is -2.53. The second-order valence-corrected chi connectivity index (χ2v) is 8.49. The molecule has 0 bridgehead atoms. The maximum absolute atomic E-state index is 13.6. The van der Waals surface area contributed by atoms with Gasteiger partial charge in [-0.25, -0.2) is 0 Å². The fraction of sp³-hybridized carbons (Fsp3) is 0.308. The van der Waals surface area contributed by atoms with Gasteiger partial charge in [-0.05, 0) is 24.2 Å². The number of hydrogen-bond acceptors (Lipinski definition) is 4. The van der Waals surface area contributed by atoms with Gasteiger partial charge >= 0.3 is 6.29 Å². The summed E-state index contributed by atoms with van der Waals surface area (Å²) >= 11 is 0. The van der Waals surface area contributed by atoms with Crippen molar-refractivity contribution >= 4 is 0 Å². The standard InChI is InChI=1S/C26H26F2N2O2/c1-29-15-16-30(17-21-13-8-14-23-25(21)32-26(27,28)31-23)18-22(29)24(19-9-4-2-5-10-19)20-11-6-3-7-12-20/h2-14,22,24H,15-18H2,1H3. The summed E-state index contributed by atoms with van der Waals surface area (Å²) in [5, 5.41) is 0. The van der Waals surface area contributed by atoms with Crippen molar-refractivity contribution in [1.82, 2.24) is 9.80 Å². The van der Waals surface area contributed by atoms with E-state index in [4.69, 9.17) is 4.74 Å². The number of para-hydroxylation sites is 1. The maximum atomic E-state index is 13.6. The van der Waals surface area contributed by atoms with Crippen LogP contribution in [-0.2, 0) is 6.54 Å². The molecule has 166 valence electrons. The number of rotatable bonds is 5. The summed E-state index contributed by atoms with van der Waals surface area (Å²) in [7, 11) is 2.17. The molecule has 0 saturated carbocycles. The van der Waals surface area contributed by atoms with Crippen LogP contribution in [0.5, 0.6) is 11.5 Å². The second kappa shape index (κ2) is 8.52. The van der Waals surface area contributed by atoms with Crippen LogP contribution in [0.4, 0.5) is 8.78 Å². The zero-order valence-electron chi connectivity index (χ0n) is 18.0. The lowest BCUT2D eigenvalue weighted by atomic mass is 9.83. The van der Waals surface area contributed by atoms with E-state index in [2.05, 4.69) is 70.1 Å². The van der Waals surface area contributed by atoms with Gasteiger partial charge in [-0.2, -0.15) is 0 Å². The highest BCUT2D eigenvalue weighted by Crippen LogP contribution is 2.44. The molecule has 32 heavy (non-hydrogen) atoms. The molecule has 5 rings (SSSR count). The van der Waals surface area contributed by atoms with Crippen LogP contribution in [0, 0.1) is 0 Å². The number of hydrogen-bond donors (Lipinski definition) is 0. The Balaban J connectivity index is 1.42. The number of likely N-dealkylation sites (N-methyl/N-ethyl adjacent to an activating group) is 1. The summed E-state index contributed by atoms with van der Waals surface area (Å²) in [5.74, 6) is 0.455. The Morgan fingerprint density at radius 3 is 2.19 bits per heavy atom. The smallest absolute Gasteiger partial charge is 0.395 e. The lowest BCUT2D eigenvalue weighted by Gasteiger charge is -2.43.